The van der Waals surface area contributed by atoms with Gasteiger partial charge in [-0.15, -0.1) is 10.2 Å². The minimum absolute atomic E-state index is 0.145. The molecule has 0 spiro atoms. The van der Waals surface area contributed by atoms with Gasteiger partial charge in [0.15, 0.2) is 0 Å². The number of amides is 1. The maximum absolute atomic E-state index is 12.3. The van der Waals surface area contributed by atoms with Gasteiger partial charge in [-0.25, -0.2) is 8.42 Å². The highest BCUT2D eigenvalue weighted by Gasteiger charge is 2.34. The highest BCUT2D eigenvalue weighted by Crippen LogP contribution is 2.26. The fourth-order valence-electron chi connectivity index (χ4n) is 1.84. The lowest BCUT2D eigenvalue weighted by Crippen LogP contribution is -2.48. The molecular weight excluding hydrogens is 290 g/mol. The van der Waals surface area contributed by atoms with Crippen LogP contribution in [0.15, 0.2) is 4.34 Å². The van der Waals surface area contributed by atoms with E-state index in [1.807, 2.05) is 0 Å². The van der Waals surface area contributed by atoms with Crippen LogP contribution < -0.4 is 11.1 Å². The first kappa shape index (κ1) is 14.3. The standard InChI is InChI=1S/C9H15N5O3S2/c1-6(15)11-8-12-13-9(18-8)19(16,17)14-5-3-2-4-7(14)10/h7H,2-5,10H2,1H3,(H,11,12,15). The molecule has 1 fully saturated rings. The van der Waals surface area contributed by atoms with Gasteiger partial charge in [-0.3, -0.25) is 4.79 Å². The van der Waals surface area contributed by atoms with Crippen LogP contribution in [0, 0.1) is 0 Å². The molecule has 3 N–H and O–H groups in total. The van der Waals surface area contributed by atoms with Crippen LogP contribution in [-0.4, -0.2) is 41.5 Å². The first-order valence-electron chi connectivity index (χ1n) is 5.80. The van der Waals surface area contributed by atoms with E-state index >= 15 is 0 Å². The SMILES string of the molecule is CC(=O)Nc1nnc(S(=O)(=O)N2CCCCC2N)s1. The summed E-state index contributed by atoms with van der Waals surface area (Å²) >= 11 is 0.824. The molecular formula is C9H15N5O3S2. The zero-order valence-corrected chi connectivity index (χ0v) is 12.0. The molecule has 1 aliphatic heterocycles. The average molecular weight is 305 g/mol. The molecule has 2 heterocycles. The molecule has 1 aromatic heterocycles. The molecule has 1 aromatic rings. The third kappa shape index (κ3) is 3.08. The van der Waals surface area contributed by atoms with Crippen molar-refractivity contribution in [1.82, 2.24) is 14.5 Å². The Labute approximate surface area is 115 Å². The second-order valence-electron chi connectivity index (χ2n) is 4.23. The Kier molecular flexibility index (Phi) is 4.13. The summed E-state index contributed by atoms with van der Waals surface area (Å²) in [7, 11) is -3.72. The van der Waals surface area contributed by atoms with E-state index in [2.05, 4.69) is 15.5 Å². The van der Waals surface area contributed by atoms with Crippen molar-refractivity contribution < 1.29 is 13.2 Å². The topological polar surface area (TPSA) is 118 Å². The first-order chi connectivity index (χ1) is 8.91. The molecule has 2 rings (SSSR count). The van der Waals surface area contributed by atoms with Gasteiger partial charge < -0.3 is 11.1 Å². The number of nitrogens with one attached hydrogen (secondary N) is 1. The average Bonchev–Trinajstić information content (AvgIpc) is 2.77. The number of carbonyl (C=O) groups is 1. The van der Waals surface area contributed by atoms with E-state index in [-0.39, 0.29) is 15.4 Å². The van der Waals surface area contributed by atoms with Gasteiger partial charge >= 0.3 is 0 Å². The maximum Gasteiger partial charge on any atom is 0.273 e. The molecule has 1 amide bonds. The Bertz CT molecular complexity index is 570. The Balaban J connectivity index is 2.23. The van der Waals surface area contributed by atoms with Gasteiger partial charge in [0, 0.05) is 13.5 Å². The number of anilines is 1. The minimum atomic E-state index is -3.72. The van der Waals surface area contributed by atoms with Crippen molar-refractivity contribution in [3.63, 3.8) is 0 Å². The third-order valence-electron chi connectivity index (χ3n) is 2.72. The summed E-state index contributed by atoms with van der Waals surface area (Å²) < 4.78 is 25.8. The van der Waals surface area contributed by atoms with Crippen LogP contribution in [0.4, 0.5) is 5.13 Å². The molecule has 0 bridgehead atoms. The lowest BCUT2D eigenvalue weighted by Gasteiger charge is -2.30. The van der Waals surface area contributed by atoms with Crippen LogP contribution in [0.3, 0.4) is 0 Å². The van der Waals surface area contributed by atoms with Crippen LogP contribution in [0.25, 0.3) is 0 Å². The highest BCUT2D eigenvalue weighted by molar-refractivity contribution is 7.91. The van der Waals surface area contributed by atoms with Crippen molar-refractivity contribution in [2.45, 2.75) is 36.7 Å². The Hall–Kier alpha value is -1.10. The number of nitrogens with two attached hydrogens (primary N) is 1. The fraction of sp³-hybridized carbons (Fsp3) is 0.667. The summed E-state index contributed by atoms with van der Waals surface area (Å²) in [4.78, 5) is 10.9. The van der Waals surface area contributed by atoms with E-state index in [1.54, 1.807) is 0 Å². The van der Waals surface area contributed by atoms with Gasteiger partial charge in [0.05, 0.1) is 6.17 Å². The Morgan fingerprint density at radius 1 is 1.47 bits per heavy atom. The Morgan fingerprint density at radius 2 is 2.21 bits per heavy atom. The van der Waals surface area contributed by atoms with Gasteiger partial charge in [0.2, 0.25) is 15.4 Å². The number of piperidine rings is 1. The van der Waals surface area contributed by atoms with Gasteiger partial charge in [-0.05, 0) is 19.3 Å². The van der Waals surface area contributed by atoms with E-state index in [1.165, 1.54) is 11.2 Å². The van der Waals surface area contributed by atoms with Crippen molar-refractivity contribution in [1.29, 1.82) is 0 Å². The zero-order valence-electron chi connectivity index (χ0n) is 10.4. The van der Waals surface area contributed by atoms with Crippen LogP contribution >= 0.6 is 11.3 Å². The molecule has 106 valence electrons. The van der Waals surface area contributed by atoms with E-state index in [0.29, 0.717) is 13.0 Å². The molecule has 1 unspecified atom stereocenters. The molecule has 0 aliphatic carbocycles. The Morgan fingerprint density at radius 3 is 2.84 bits per heavy atom. The molecule has 1 aliphatic rings. The number of carbonyl (C=O) groups excluding carboxylic acids is 1. The molecule has 8 nitrogen and oxygen atoms in total. The number of sulfonamides is 1. The van der Waals surface area contributed by atoms with Gasteiger partial charge in [0.1, 0.15) is 0 Å². The smallest absolute Gasteiger partial charge is 0.273 e. The summed E-state index contributed by atoms with van der Waals surface area (Å²) in [5, 5.41) is 9.82. The van der Waals surface area contributed by atoms with E-state index in [0.717, 1.165) is 24.2 Å². The van der Waals surface area contributed by atoms with Crippen LogP contribution in [0.2, 0.25) is 0 Å². The summed E-state index contributed by atoms with van der Waals surface area (Å²) in [6.45, 7) is 1.70. The van der Waals surface area contributed by atoms with Crippen LogP contribution in [-0.2, 0) is 14.8 Å². The maximum atomic E-state index is 12.3. The third-order valence-corrected chi connectivity index (χ3v) is 5.83. The van der Waals surface area contributed by atoms with Crippen LogP contribution in [0.5, 0.6) is 0 Å². The fourth-order valence-corrected chi connectivity index (χ4v) is 4.49. The summed E-state index contributed by atoms with van der Waals surface area (Å²) in [6.07, 6.45) is 1.81. The van der Waals surface area contributed by atoms with Gasteiger partial charge in [0.25, 0.3) is 10.0 Å². The predicted octanol–water partition coefficient (Wildman–Crippen LogP) is -0.0441. The normalized spacial score (nSPS) is 21.3. The van der Waals surface area contributed by atoms with Crippen molar-refractivity contribution in [3.8, 4) is 0 Å². The van der Waals surface area contributed by atoms with Crippen molar-refractivity contribution in [2.24, 2.45) is 5.73 Å². The molecule has 19 heavy (non-hydrogen) atoms. The zero-order chi connectivity index (χ0) is 14.0. The van der Waals surface area contributed by atoms with E-state index in [9.17, 15) is 13.2 Å². The van der Waals surface area contributed by atoms with Crippen LogP contribution in [0.1, 0.15) is 26.2 Å². The van der Waals surface area contributed by atoms with Crippen molar-refractivity contribution >= 4 is 32.4 Å². The molecule has 10 heteroatoms. The lowest BCUT2D eigenvalue weighted by molar-refractivity contribution is -0.114. The largest absolute Gasteiger partial charge is 0.315 e. The van der Waals surface area contributed by atoms with Gasteiger partial charge in [-0.1, -0.05) is 11.3 Å². The van der Waals surface area contributed by atoms with Crippen molar-refractivity contribution in [2.75, 3.05) is 11.9 Å². The quantitative estimate of drug-likeness (QED) is 0.756. The number of hydrogen-bond acceptors (Lipinski definition) is 7. The number of aromatic nitrogens is 2. The summed E-state index contributed by atoms with van der Waals surface area (Å²) in [5.74, 6) is -0.324. The molecule has 1 saturated heterocycles. The lowest BCUT2D eigenvalue weighted by atomic mass is 10.1. The number of hydrogen-bond donors (Lipinski definition) is 2. The second-order valence-corrected chi connectivity index (χ2v) is 7.27. The molecule has 1 atom stereocenters. The van der Waals surface area contributed by atoms with E-state index < -0.39 is 16.2 Å². The molecule has 0 saturated carbocycles. The van der Waals surface area contributed by atoms with E-state index in [4.69, 9.17) is 5.73 Å². The predicted molar refractivity (Wildman–Crippen MR) is 69.9 cm³/mol. The minimum Gasteiger partial charge on any atom is -0.315 e. The summed E-state index contributed by atoms with van der Waals surface area (Å²) in [5.41, 5.74) is 5.82. The van der Waals surface area contributed by atoms with Crippen molar-refractivity contribution in [3.05, 3.63) is 0 Å². The molecule has 0 aromatic carbocycles. The monoisotopic (exact) mass is 305 g/mol. The number of nitrogens with zero attached hydrogens (tertiary/aromatic N) is 3. The number of rotatable bonds is 3. The summed E-state index contributed by atoms with van der Waals surface area (Å²) in [6, 6.07) is 0. The van der Waals surface area contributed by atoms with Gasteiger partial charge in [-0.2, -0.15) is 4.31 Å². The first-order valence-corrected chi connectivity index (χ1v) is 8.05. The highest BCUT2D eigenvalue weighted by atomic mass is 32.2. The molecule has 0 radical (unpaired) electrons. The second kappa shape index (κ2) is 5.49.